The van der Waals surface area contributed by atoms with Gasteiger partial charge in [0.05, 0.1) is 0 Å². The van der Waals surface area contributed by atoms with E-state index in [2.05, 4.69) is 11.7 Å². The number of ether oxygens (including phenoxy) is 1. The fourth-order valence-electron chi connectivity index (χ4n) is 1.66. The predicted octanol–water partition coefficient (Wildman–Crippen LogP) is 4.43. The number of hydrogen-bond donors (Lipinski definition) is 0. The minimum atomic E-state index is -4.70. The molecule has 0 N–H and O–H groups in total. The average Bonchev–Trinajstić information content (AvgIpc) is 2.27. The van der Waals surface area contributed by atoms with Gasteiger partial charge in [0, 0.05) is 5.56 Å². The van der Waals surface area contributed by atoms with Gasteiger partial charge >= 0.3 is 6.36 Å². The van der Waals surface area contributed by atoms with Gasteiger partial charge in [0.1, 0.15) is 5.75 Å². The van der Waals surface area contributed by atoms with E-state index >= 15 is 0 Å². The number of halogens is 3. The van der Waals surface area contributed by atoms with Crippen molar-refractivity contribution in [3.63, 3.8) is 0 Å². The Hall–Kier alpha value is -1.97. The second-order valence-corrected chi connectivity index (χ2v) is 3.74. The predicted molar refractivity (Wildman–Crippen MR) is 63.0 cm³/mol. The molecule has 0 heterocycles. The van der Waals surface area contributed by atoms with Crippen molar-refractivity contribution in [2.45, 2.75) is 6.36 Å². The normalized spacial score (nSPS) is 11.3. The van der Waals surface area contributed by atoms with Crippen molar-refractivity contribution < 1.29 is 17.9 Å². The highest BCUT2D eigenvalue weighted by molar-refractivity contribution is 5.71. The smallest absolute Gasteiger partial charge is 0.405 e. The summed E-state index contributed by atoms with van der Waals surface area (Å²) in [6.45, 7) is 3.75. The molecule has 0 saturated carbocycles. The SMILES string of the molecule is [CH2]c1cccc(-c2ccccc2OC(F)(F)F)c1. The van der Waals surface area contributed by atoms with Gasteiger partial charge in [-0.3, -0.25) is 0 Å². The van der Waals surface area contributed by atoms with E-state index in [1.54, 1.807) is 36.4 Å². The molecule has 0 amide bonds. The van der Waals surface area contributed by atoms with Crippen molar-refractivity contribution >= 4 is 0 Å². The van der Waals surface area contributed by atoms with Crippen LogP contribution < -0.4 is 4.74 Å². The maximum atomic E-state index is 12.3. The zero-order valence-corrected chi connectivity index (χ0v) is 9.37. The third-order valence-corrected chi connectivity index (χ3v) is 2.35. The molecule has 2 aromatic carbocycles. The minimum absolute atomic E-state index is 0.212. The molecule has 0 fully saturated rings. The standard InChI is InChI=1S/C14H10F3O/c1-10-5-4-6-11(9-10)12-7-2-3-8-13(12)18-14(15,16)17/h2-9H,1H2. The van der Waals surface area contributed by atoms with Crippen molar-refractivity contribution in [2.24, 2.45) is 0 Å². The fourth-order valence-corrected chi connectivity index (χ4v) is 1.66. The van der Waals surface area contributed by atoms with Gasteiger partial charge in [-0.2, -0.15) is 0 Å². The summed E-state index contributed by atoms with van der Waals surface area (Å²) in [5.74, 6) is -0.212. The molecule has 2 rings (SSSR count). The van der Waals surface area contributed by atoms with Crippen LogP contribution >= 0.6 is 0 Å². The molecule has 4 heteroatoms. The quantitative estimate of drug-likeness (QED) is 0.767. The van der Waals surface area contributed by atoms with E-state index in [0.29, 0.717) is 11.1 Å². The van der Waals surface area contributed by atoms with Crippen LogP contribution in [0.1, 0.15) is 5.56 Å². The summed E-state index contributed by atoms with van der Waals surface area (Å²) >= 11 is 0. The molecule has 0 spiro atoms. The molecule has 2 aromatic rings. The number of rotatable bonds is 2. The Morgan fingerprint density at radius 1 is 0.944 bits per heavy atom. The second-order valence-electron chi connectivity index (χ2n) is 3.74. The number of para-hydroxylation sites is 1. The van der Waals surface area contributed by atoms with Crippen LogP contribution in [0.15, 0.2) is 48.5 Å². The lowest BCUT2D eigenvalue weighted by atomic mass is 10.0. The highest BCUT2D eigenvalue weighted by atomic mass is 19.4. The summed E-state index contributed by atoms with van der Waals surface area (Å²) in [5.41, 5.74) is 1.76. The molecular formula is C14H10F3O. The van der Waals surface area contributed by atoms with E-state index < -0.39 is 6.36 Å². The molecule has 0 bridgehead atoms. The van der Waals surface area contributed by atoms with Gasteiger partial charge in [-0.05, 0) is 24.1 Å². The number of alkyl halides is 3. The van der Waals surface area contributed by atoms with Gasteiger partial charge in [-0.1, -0.05) is 42.5 Å². The monoisotopic (exact) mass is 251 g/mol. The molecule has 0 unspecified atom stereocenters. The topological polar surface area (TPSA) is 9.23 Å². The molecule has 1 nitrogen and oxygen atoms in total. The van der Waals surface area contributed by atoms with Crippen LogP contribution in [0, 0.1) is 6.92 Å². The van der Waals surface area contributed by atoms with Crippen molar-refractivity contribution in [2.75, 3.05) is 0 Å². The Kier molecular flexibility index (Phi) is 3.28. The first-order chi connectivity index (χ1) is 8.46. The third kappa shape index (κ3) is 3.03. The molecule has 18 heavy (non-hydrogen) atoms. The van der Waals surface area contributed by atoms with E-state index in [4.69, 9.17) is 0 Å². The summed E-state index contributed by atoms with van der Waals surface area (Å²) in [5, 5.41) is 0. The van der Waals surface area contributed by atoms with Crippen LogP contribution in [0.2, 0.25) is 0 Å². The van der Waals surface area contributed by atoms with Gasteiger partial charge in [-0.15, -0.1) is 13.2 Å². The summed E-state index contributed by atoms with van der Waals surface area (Å²) in [7, 11) is 0. The minimum Gasteiger partial charge on any atom is -0.405 e. The number of hydrogen-bond acceptors (Lipinski definition) is 1. The van der Waals surface area contributed by atoms with Gasteiger partial charge in [-0.25, -0.2) is 0 Å². The first-order valence-electron chi connectivity index (χ1n) is 5.23. The molecule has 1 radical (unpaired) electrons. The van der Waals surface area contributed by atoms with Gasteiger partial charge in [0.2, 0.25) is 0 Å². The van der Waals surface area contributed by atoms with Crippen molar-refractivity contribution in [1.29, 1.82) is 0 Å². The van der Waals surface area contributed by atoms with E-state index in [9.17, 15) is 13.2 Å². The molecule has 0 aliphatic carbocycles. The molecule has 0 saturated heterocycles. The highest BCUT2D eigenvalue weighted by Gasteiger charge is 2.32. The highest BCUT2D eigenvalue weighted by Crippen LogP contribution is 2.33. The summed E-state index contributed by atoms with van der Waals surface area (Å²) in [4.78, 5) is 0. The maximum Gasteiger partial charge on any atom is 0.573 e. The third-order valence-electron chi connectivity index (χ3n) is 2.35. The lowest BCUT2D eigenvalue weighted by Crippen LogP contribution is -2.17. The first-order valence-corrected chi connectivity index (χ1v) is 5.23. The maximum absolute atomic E-state index is 12.3. The molecule has 0 aliphatic heterocycles. The van der Waals surface area contributed by atoms with Gasteiger partial charge in [0.15, 0.2) is 0 Å². The van der Waals surface area contributed by atoms with Crippen molar-refractivity contribution in [1.82, 2.24) is 0 Å². The van der Waals surface area contributed by atoms with Crippen molar-refractivity contribution in [3.8, 4) is 16.9 Å². The van der Waals surface area contributed by atoms with Crippen LogP contribution in [0.3, 0.4) is 0 Å². The Morgan fingerprint density at radius 3 is 2.33 bits per heavy atom. The fraction of sp³-hybridized carbons (Fsp3) is 0.0714. The zero-order valence-electron chi connectivity index (χ0n) is 9.37. The zero-order chi connectivity index (χ0) is 13.2. The first kappa shape index (κ1) is 12.5. The average molecular weight is 251 g/mol. The van der Waals surface area contributed by atoms with Crippen LogP contribution in [0.4, 0.5) is 13.2 Å². The van der Waals surface area contributed by atoms with Crippen molar-refractivity contribution in [3.05, 3.63) is 61.0 Å². The Morgan fingerprint density at radius 2 is 1.67 bits per heavy atom. The second kappa shape index (κ2) is 4.72. The lowest BCUT2D eigenvalue weighted by Gasteiger charge is -2.13. The van der Waals surface area contributed by atoms with Crippen LogP contribution in [-0.4, -0.2) is 6.36 Å². The molecule has 0 aromatic heterocycles. The Balaban J connectivity index is 2.45. The molecule has 0 aliphatic rings. The van der Waals surface area contributed by atoms with Crippen LogP contribution in [0.25, 0.3) is 11.1 Å². The lowest BCUT2D eigenvalue weighted by molar-refractivity contribution is -0.274. The largest absolute Gasteiger partial charge is 0.573 e. The molecule has 0 atom stereocenters. The van der Waals surface area contributed by atoms with Crippen LogP contribution in [0.5, 0.6) is 5.75 Å². The van der Waals surface area contributed by atoms with Gasteiger partial charge in [0.25, 0.3) is 0 Å². The Labute approximate surface area is 103 Å². The van der Waals surface area contributed by atoms with E-state index in [1.165, 1.54) is 12.1 Å². The molecular weight excluding hydrogens is 241 g/mol. The Bertz CT molecular complexity index is 547. The van der Waals surface area contributed by atoms with E-state index in [0.717, 1.165) is 5.56 Å². The van der Waals surface area contributed by atoms with Gasteiger partial charge < -0.3 is 4.74 Å². The summed E-state index contributed by atoms with van der Waals surface area (Å²) < 4.78 is 40.9. The van der Waals surface area contributed by atoms with E-state index in [-0.39, 0.29) is 5.75 Å². The summed E-state index contributed by atoms with van der Waals surface area (Å²) in [6, 6.07) is 13.0. The summed E-state index contributed by atoms with van der Waals surface area (Å²) in [6.07, 6.45) is -4.70. The number of benzene rings is 2. The molecule has 93 valence electrons. The van der Waals surface area contributed by atoms with E-state index in [1.807, 2.05) is 0 Å². The van der Waals surface area contributed by atoms with Crippen LogP contribution in [-0.2, 0) is 0 Å².